The summed E-state index contributed by atoms with van der Waals surface area (Å²) < 4.78 is 6.88. The number of carbonyl (C=O) groups is 1. The van der Waals surface area contributed by atoms with Gasteiger partial charge in [0.15, 0.2) is 5.78 Å². The topological polar surface area (TPSA) is 26.3 Å². The molecule has 0 saturated heterocycles. The molecule has 1 aromatic carbocycles. The molecule has 0 bridgehead atoms. The van der Waals surface area contributed by atoms with Crippen molar-refractivity contribution in [3.63, 3.8) is 0 Å². The van der Waals surface area contributed by atoms with Gasteiger partial charge in [-0.3, -0.25) is 4.79 Å². The number of fused-ring (bicyclic) bond motifs is 1. The first-order chi connectivity index (χ1) is 7.42. The van der Waals surface area contributed by atoms with Gasteiger partial charge >= 0.3 is 0 Å². The molecule has 1 aliphatic heterocycles. The van der Waals surface area contributed by atoms with Crippen molar-refractivity contribution in [1.82, 2.24) is 0 Å². The van der Waals surface area contributed by atoms with E-state index in [9.17, 15) is 4.79 Å². The van der Waals surface area contributed by atoms with Gasteiger partial charge in [-0.05, 0) is 31.0 Å². The average Bonchev–Trinajstić information content (AvgIpc) is 2.19. The summed E-state index contributed by atoms with van der Waals surface area (Å²) in [6.45, 7) is 6.16. The van der Waals surface area contributed by atoms with E-state index in [0.717, 1.165) is 4.47 Å². The molecule has 0 N–H and O–H groups in total. The molecule has 1 unspecified atom stereocenters. The van der Waals surface area contributed by atoms with Gasteiger partial charge in [0.25, 0.3) is 0 Å². The number of hydrogen-bond acceptors (Lipinski definition) is 2. The molecule has 16 heavy (non-hydrogen) atoms. The van der Waals surface area contributed by atoms with Crippen LogP contribution in [0.5, 0.6) is 5.75 Å². The van der Waals surface area contributed by atoms with Crippen molar-refractivity contribution in [3.8, 4) is 5.75 Å². The molecular formula is C13H15BrO2. The number of hydrogen-bond donors (Lipinski definition) is 0. The third-order valence-corrected chi connectivity index (χ3v) is 3.81. The van der Waals surface area contributed by atoms with E-state index in [0.29, 0.717) is 23.7 Å². The highest BCUT2D eigenvalue weighted by molar-refractivity contribution is 9.10. The van der Waals surface area contributed by atoms with Crippen LogP contribution in [0.2, 0.25) is 0 Å². The molecule has 0 fully saturated rings. The van der Waals surface area contributed by atoms with Crippen molar-refractivity contribution in [2.45, 2.75) is 32.8 Å². The van der Waals surface area contributed by atoms with E-state index in [4.69, 9.17) is 4.74 Å². The number of halogens is 1. The number of rotatable bonds is 1. The molecule has 1 atom stereocenters. The largest absolute Gasteiger partial charge is 0.486 e. The predicted molar refractivity (Wildman–Crippen MR) is 67.0 cm³/mol. The minimum absolute atomic E-state index is 0.166. The van der Waals surface area contributed by atoms with Crippen LogP contribution in [0.15, 0.2) is 22.7 Å². The zero-order valence-electron chi connectivity index (χ0n) is 9.71. The maximum atomic E-state index is 12.1. The molecule has 3 heteroatoms. The van der Waals surface area contributed by atoms with Gasteiger partial charge in [-0.15, -0.1) is 0 Å². The minimum atomic E-state index is -0.377. The fourth-order valence-corrected chi connectivity index (χ4v) is 2.19. The summed E-state index contributed by atoms with van der Waals surface area (Å²) in [5.41, 5.74) is 0.310. The zero-order chi connectivity index (χ0) is 11.9. The molecule has 86 valence electrons. The SMILES string of the molecule is CC(C)C1(C)CC(=O)c2cc(Br)ccc2O1. The average molecular weight is 283 g/mol. The van der Waals surface area contributed by atoms with Crippen molar-refractivity contribution in [2.24, 2.45) is 5.92 Å². The second-order valence-corrected chi connectivity index (χ2v) is 5.73. The summed E-state index contributed by atoms with van der Waals surface area (Å²) in [6.07, 6.45) is 0.453. The van der Waals surface area contributed by atoms with Gasteiger partial charge in [-0.25, -0.2) is 0 Å². The minimum Gasteiger partial charge on any atom is -0.486 e. The quantitative estimate of drug-likeness (QED) is 0.783. The molecule has 2 nitrogen and oxygen atoms in total. The van der Waals surface area contributed by atoms with Crippen molar-refractivity contribution >= 4 is 21.7 Å². The van der Waals surface area contributed by atoms with Crippen LogP contribution in [-0.2, 0) is 0 Å². The lowest BCUT2D eigenvalue weighted by atomic mass is 9.83. The number of ketones is 1. The Labute approximate surface area is 104 Å². The van der Waals surface area contributed by atoms with Crippen LogP contribution in [0.1, 0.15) is 37.6 Å². The van der Waals surface area contributed by atoms with Crippen LogP contribution < -0.4 is 4.74 Å². The Morgan fingerprint density at radius 3 is 2.75 bits per heavy atom. The summed E-state index contributed by atoms with van der Waals surface area (Å²) in [4.78, 5) is 12.1. The Morgan fingerprint density at radius 2 is 2.12 bits per heavy atom. The molecular weight excluding hydrogens is 268 g/mol. The molecule has 0 radical (unpaired) electrons. The Balaban J connectivity index is 2.45. The van der Waals surface area contributed by atoms with Gasteiger partial charge in [0.1, 0.15) is 11.4 Å². The van der Waals surface area contributed by atoms with Crippen molar-refractivity contribution in [3.05, 3.63) is 28.2 Å². The number of benzene rings is 1. The zero-order valence-corrected chi connectivity index (χ0v) is 11.3. The summed E-state index contributed by atoms with van der Waals surface area (Å²) >= 11 is 3.37. The monoisotopic (exact) mass is 282 g/mol. The molecule has 0 amide bonds. The molecule has 0 saturated carbocycles. The lowest BCUT2D eigenvalue weighted by Crippen LogP contribution is -2.43. The van der Waals surface area contributed by atoms with E-state index < -0.39 is 0 Å². The van der Waals surface area contributed by atoms with E-state index in [1.807, 2.05) is 25.1 Å². The summed E-state index contributed by atoms with van der Waals surface area (Å²) in [5, 5.41) is 0. The van der Waals surface area contributed by atoms with Crippen LogP contribution in [0.3, 0.4) is 0 Å². The van der Waals surface area contributed by atoms with Gasteiger partial charge < -0.3 is 4.74 Å². The summed E-state index contributed by atoms with van der Waals surface area (Å²) in [5.74, 6) is 1.18. The third-order valence-electron chi connectivity index (χ3n) is 3.32. The lowest BCUT2D eigenvalue weighted by Gasteiger charge is -2.38. The highest BCUT2D eigenvalue weighted by atomic mass is 79.9. The fourth-order valence-electron chi connectivity index (χ4n) is 1.83. The first-order valence-corrected chi connectivity index (χ1v) is 6.23. The van der Waals surface area contributed by atoms with Gasteiger partial charge in [0.2, 0.25) is 0 Å². The lowest BCUT2D eigenvalue weighted by molar-refractivity contribution is 0.0212. The second kappa shape index (κ2) is 3.88. The van der Waals surface area contributed by atoms with Gasteiger partial charge in [-0.2, -0.15) is 0 Å². The number of ether oxygens (including phenoxy) is 1. The van der Waals surface area contributed by atoms with E-state index >= 15 is 0 Å². The van der Waals surface area contributed by atoms with E-state index in [1.54, 1.807) is 0 Å². The highest BCUT2D eigenvalue weighted by Gasteiger charge is 2.38. The normalized spacial score (nSPS) is 24.2. The Morgan fingerprint density at radius 1 is 1.44 bits per heavy atom. The highest BCUT2D eigenvalue weighted by Crippen LogP contribution is 2.38. The molecule has 0 aromatic heterocycles. The van der Waals surface area contributed by atoms with Crippen molar-refractivity contribution < 1.29 is 9.53 Å². The van der Waals surface area contributed by atoms with Crippen LogP contribution >= 0.6 is 15.9 Å². The van der Waals surface area contributed by atoms with Gasteiger partial charge in [0, 0.05) is 4.47 Å². The molecule has 1 heterocycles. The number of carbonyl (C=O) groups excluding carboxylic acids is 1. The van der Waals surface area contributed by atoms with Crippen LogP contribution in [-0.4, -0.2) is 11.4 Å². The van der Waals surface area contributed by atoms with E-state index in [-0.39, 0.29) is 11.4 Å². The molecule has 1 aromatic rings. The maximum Gasteiger partial charge on any atom is 0.170 e. The first-order valence-electron chi connectivity index (χ1n) is 5.44. The number of Topliss-reactive ketones (excluding diaryl/α,β-unsaturated/α-hetero) is 1. The fraction of sp³-hybridized carbons (Fsp3) is 0.462. The maximum absolute atomic E-state index is 12.1. The van der Waals surface area contributed by atoms with Crippen molar-refractivity contribution in [1.29, 1.82) is 0 Å². The second-order valence-electron chi connectivity index (χ2n) is 4.81. The Kier molecular flexibility index (Phi) is 2.82. The van der Waals surface area contributed by atoms with Gasteiger partial charge in [0.05, 0.1) is 12.0 Å². The van der Waals surface area contributed by atoms with Crippen LogP contribution in [0.25, 0.3) is 0 Å². The van der Waals surface area contributed by atoms with E-state index in [2.05, 4.69) is 29.8 Å². The van der Waals surface area contributed by atoms with Crippen LogP contribution in [0, 0.1) is 5.92 Å². The molecule has 0 spiro atoms. The van der Waals surface area contributed by atoms with E-state index in [1.165, 1.54) is 0 Å². The first kappa shape index (κ1) is 11.6. The molecule has 1 aliphatic rings. The molecule has 2 rings (SSSR count). The van der Waals surface area contributed by atoms with Crippen LogP contribution in [0.4, 0.5) is 0 Å². The molecule has 0 aliphatic carbocycles. The summed E-state index contributed by atoms with van der Waals surface area (Å²) in [7, 11) is 0. The predicted octanol–water partition coefficient (Wildman–Crippen LogP) is 3.83. The van der Waals surface area contributed by atoms with Gasteiger partial charge in [-0.1, -0.05) is 29.8 Å². The summed E-state index contributed by atoms with van der Waals surface area (Å²) in [6, 6.07) is 5.59. The third kappa shape index (κ3) is 1.88. The smallest absolute Gasteiger partial charge is 0.170 e. The Bertz CT molecular complexity index is 440. The standard InChI is InChI=1S/C13H15BrO2/c1-8(2)13(3)7-11(15)10-6-9(14)4-5-12(10)16-13/h4-6,8H,7H2,1-3H3. The Hall–Kier alpha value is -0.830. The van der Waals surface area contributed by atoms with Crippen molar-refractivity contribution in [2.75, 3.05) is 0 Å².